The van der Waals surface area contributed by atoms with Crippen molar-refractivity contribution >= 4 is 23.1 Å². The van der Waals surface area contributed by atoms with Gasteiger partial charge in [0.25, 0.3) is 5.91 Å². The molecule has 1 unspecified atom stereocenters. The maximum atomic E-state index is 12.5. The molecule has 0 bridgehead atoms. The Morgan fingerprint density at radius 1 is 1.27 bits per heavy atom. The Hall–Kier alpha value is -3.66. The first-order valence-electron chi connectivity index (χ1n) is 10.8. The molecule has 0 aliphatic carbocycles. The van der Waals surface area contributed by atoms with E-state index in [2.05, 4.69) is 25.7 Å². The zero-order valence-electron chi connectivity index (χ0n) is 19.5. The first-order valence-corrected chi connectivity index (χ1v) is 10.8. The third-order valence-electron chi connectivity index (χ3n) is 5.30. The van der Waals surface area contributed by atoms with Crippen LogP contribution in [0.25, 0.3) is 0 Å². The van der Waals surface area contributed by atoms with Crippen LogP contribution >= 0.6 is 0 Å². The number of fused-ring (bicyclic) bond motifs is 1. The molecular weight excluding hydrogens is 422 g/mol. The van der Waals surface area contributed by atoms with Crippen LogP contribution in [0.3, 0.4) is 0 Å². The molecule has 10 nitrogen and oxygen atoms in total. The fraction of sp³-hybridized carbons (Fsp3) is 0.391. The van der Waals surface area contributed by atoms with Crippen LogP contribution in [0.4, 0.5) is 17.2 Å². The van der Waals surface area contributed by atoms with E-state index in [9.17, 15) is 4.79 Å². The number of amides is 1. The molecule has 4 rings (SSSR count). The molecule has 174 valence electrons. The number of pyridine rings is 2. The van der Waals surface area contributed by atoms with Crippen LogP contribution < -0.4 is 20.3 Å². The largest absolute Gasteiger partial charge is 0.481 e. The number of nitrogens with zero attached hydrogens (tertiary/aromatic N) is 5. The van der Waals surface area contributed by atoms with Crippen molar-refractivity contribution in [1.82, 2.24) is 19.7 Å². The Morgan fingerprint density at radius 3 is 2.85 bits per heavy atom. The van der Waals surface area contributed by atoms with Crippen molar-refractivity contribution in [1.29, 1.82) is 0 Å². The van der Waals surface area contributed by atoms with Crippen LogP contribution in [0.1, 0.15) is 30.7 Å². The SMILES string of the molecule is COc1cc(Cn2cc(CNc3cc4c(c(C)n3)NC(=O)C(OC(C)C)N4C)cn2)ccn1. The molecule has 4 heterocycles. The van der Waals surface area contributed by atoms with Crippen molar-refractivity contribution in [2.75, 3.05) is 29.7 Å². The van der Waals surface area contributed by atoms with E-state index in [1.165, 1.54) is 0 Å². The number of nitrogens with one attached hydrogen (secondary N) is 2. The van der Waals surface area contributed by atoms with Gasteiger partial charge in [-0.3, -0.25) is 9.48 Å². The maximum Gasteiger partial charge on any atom is 0.274 e. The lowest BCUT2D eigenvalue weighted by molar-refractivity contribution is -0.130. The van der Waals surface area contributed by atoms with Gasteiger partial charge < -0.3 is 25.0 Å². The number of aromatic nitrogens is 4. The summed E-state index contributed by atoms with van der Waals surface area (Å²) in [6.07, 6.45) is 4.78. The molecule has 0 aromatic carbocycles. The summed E-state index contributed by atoms with van der Waals surface area (Å²) in [6, 6.07) is 5.75. The topological polar surface area (TPSA) is 106 Å². The molecule has 10 heteroatoms. The van der Waals surface area contributed by atoms with E-state index >= 15 is 0 Å². The predicted molar refractivity (Wildman–Crippen MR) is 125 cm³/mol. The van der Waals surface area contributed by atoms with Gasteiger partial charge in [-0.15, -0.1) is 0 Å². The van der Waals surface area contributed by atoms with E-state index in [1.54, 1.807) is 13.3 Å². The lowest BCUT2D eigenvalue weighted by Crippen LogP contribution is -2.49. The Labute approximate surface area is 192 Å². The van der Waals surface area contributed by atoms with Gasteiger partial charge in [0, 0.05) is 43.7 Å². The second kappa shape index (κ2) is 9.45. The average Bonchev–Trinajstić information content (AvgIpc) is 3.23. The van der Waals surface area contributed by atoms with Crippen molar-refractivity contribution in [3.63, 3.8) is 0 Å². The normalized spacial score (nSPS) is 15.4. The monoisotopic (exact) mass is 451 g/mol. The van der Waals surface area contributed by atoms with E-state index in [-0.39, 0.29) is 12.0 Å². The summed E-state index contributed by atoms with van der Waals surface area (Å²) in [5.41, 5.74) is 4.38. The zero-order valence-corrected chi connectivity index (χ0v) is 19.5. The molecule has 0 fully saturated rings. The van der Waals surface area contributed by atoms with Crippen LogP contribution in [0.5, 0.6) is 5.88 Å². The van der Waals surface area contributed by atoms with E-state index in [0.29, 0.717) is 30.5 Å². The molecule has 2 N–H and O–H groups in total. The summed E-state index contributed by atoms with van der Waals surface area (Å²) in [6.45, 7) is 6.88. The van der Waals surface area contributed by atoms with Gasteiger partial charge in [0.2, 0.25) is 12.1 Å². The fourth-order valence-electron chi connectivity index (χ4n) is 3.70. The summed E-state index contributed by atoms with van der Waals surface area (Å²) in [5.74, 6) is 1.10. The molecule has 0 radical (unpaired) electrons. The highest BCUT2D eigenvalue weighted by atomic mass is 16.5. The maximum absolute atomic E-state index is 12.5. The Balaban J connectivity index is 1.45. The first-order chi connectivity index (χ1) is 15.8. The van der Waals surface area contributed by atoms with Crippen molar-refractivity contribution in [3.05, 3.63) is 53.6 Å². The van der Waals surface area contributed by atoms with E-state index in [0.717, 1.165) is 22.5 Å². The molecule has 33 heavy (non-hydrogen) atoms. The highest BCUT2D eigenvalue weighted by Gasteiger charge is 2.33. The molecule has 0 saturated carbocycles. The molecule has 1 aliphatic rings. The number of carbonyl (C=O) groups is 1. The summed E-state index contributed by atoms with van der Waals surface area (Å²) in [4.78, 5) is 23.1. The summed E-state index contributed by atoms with van der Waals surface area (Å²) < 4.78 is 12.8. The lowest BCUT2D eigenvalue weighted by Gasteiger charge is -2.36. The second-order valence-corrected chi connectivity index (χ2v) is 8.23. The Morgan fingerprint density at radius 2 is 2.09 bits per heavy atom. The number of hydrogen-bond acceptors (Lipinski definition) is 8. The molecule has 3 aromatic heterocycles. The summed E-state index contributed by atoms with van der Waals surface area (Å²) in [7, 11) is 3.45. The molecule has 3 aromatic rings. The van der Waals surface area contributed by atoms with E-state index < -0.39 is 6.23 Å². The number of ether oxygens (including phenoxy) is 2. The first kappa shape index (κ1) is 22.5. The third-order valence-corrected chi connectivity index (χ3v) is 5.30. The molecule has 1 aliphatic heterocycles. The molecule has 1 amide bonds. The quantitative estimate of drug-likeness (QED) is 0.539. The van der Waals surface area contributed by atoms with Crippen LogP contribution in [-0.2, 0) is 22.6 Å². The Bertz CT molecular complexity index is 1140. The summed E-state index contributed by atoms with van der Waals surface area (Å²) in [5, 5.41) is 10.7. The van der Waals surface area contributed by atoms with Gasteiger partial charge in [-0.25, -0.2) is 9.97 Å². The lowest BCUT2D eigenvalue weighted by atomic mass is 10.1. The van der Waals surface area contributed by atoms with Gasteiger partial charge in [0.1, 0.15) is 5.82 Å². The molecule has 0 saturated heterocycles. The number of rotatable bonds is 8. The standard InChI is InChI=1S/C23H29N7O3/c1-14(2)33-23-22(31)28-21-15(3)27-19(9-18(21)29(23)4)25-10-17-11-26-30(13-17)12-16-6-7-24-20(8-16)32-5/h6-9,11,13-14,23H,10,12H2,1-5H3,(H,25,27)(H,28,31). The number of likely N-dealkylation sites (N-methyl/N-ethyl adjacent to an activating group) is 1. The minimum atomic E-state index is -0.683. The smallest absolute Gasteiger partial charge is 0.274 e. The fourth-order valence-corrected chi connectivity index (χ4v) is 3.70. The van der Waals surface area contributed by atoms with Crippen LogP contribution in [0.15, 0.2) is 36.8 Å². The van der Waals surface area contributed by atoms with Crippen LogP contribution in [-0.4, -0.2) is 52.1 Å². The molecule has 1 atom stereocenters. The van der Waals surface area contributed by atoms with Gasteiger partial charge in [-0.05, 0) is 32.4 Å². The summed E-state index contributed by atoms with van der Waals surface area (Å²) >= 11 is 0. The van der Waals surface area contributed by atoms with Gasteiger partial charge >= 0.3 is 0 Å². The highest BCUT2D eigenvalue weighted by molar-refractivity contribution is 6.03. The highest BCUT2D eigenvalue weighted by Crippen LogP contribution is 2.35. The van der Waals surface area contributed by atoms with E-state index in [4.69, 9.17) is 9.47 Å². The minimum absolute atomic E-state index is 0.0740. The number of carbonyl (C=O) groups excluding carboxylic acids is 1. The van der Waals surface area contributed by atoms with Gasteiger partial charge in [0.05, 0.1) is 43.0 Å². The molecule has 0 spiro atoms. The number of anilines is 3. The number of aryl methyl sites for hydroxylation is 1. The van der Waals surface area contributed by atoms with Crippen molar-refractivity contribution < 1.29 is 14.3 Å². The minimum Gasteiger partial charge on any atom is -0.481 e. The van der Waals surface area contributed by atoms with E-state index in [1.807, 2.05) is 68.0 Å². The third kappa shape index (κ3) is 5.06. The second-order valence-electron chi connectivity index (χ2n) is 8.23. The van der Waals surface area contributed by atoms with Crippen molar-refractivity contribution in [3.8, 4) is 5.88 Å². The van der Waals surface area contributed by atoms with Gasteiger partial charge in [0.15, 0.2) is 0 Å². The van der Waals surface area contributed by atoms with Crippen LogP contribution in [0, 0.1) is 6.92 Å². The number of methoxy groups -OCH3 is 1. The van der Waals surface area contributed by atoms with Gasteiger partial charge in [-0.2, -0.15) is 5.10 Å². The number of hydrogen-bond donors (Lipinski definition) is 2. The van der Waals surface area contributed by atoms with Crippen molar-refractivity contribution in [2.24, 2.45) is 0 Å². The average molecular weight is 452 g/mol. The van der Waals surface area contributed by atoms with Gasteiger partial charge in [-0.1, -0.05) is 0 Å². The zero-order chi connectivity index (χ0) is 23.5. The van der Waals surface area contributed by atoms with Crippen molar-refractivity contribution in [2.45, 2.75) is 46.2 Å². The van der Waals surface area contributed by atoms with Crippen LogP contribution in [0.2, 0.25) is 0 Å². The molecular formula is C23H29N7O3. The predicted octanol–water partition coefficient (Wildman–Crippen LogP) is 2.79. The Kier molecular flexibility index (Phi) is 6.45.